The van der Waals surface area contributed by atoms with E-state index in [9.17, 15) is 19.2 Å². The summed E-state index contributed by atoms with van der Waals surface area (Å²) >= 11 is 0. The second-order valence-electron chi connectivity index (χ2n) is 5.88. The van der Waals surface area contributed by atoms with Crippen molar-refractivity contribution in [2.45, 2.75) is 19.3 Å². The second kappa shape index (κ2) is 7.43. The van der Waals surface area contributed by atoms with Crippen LogP contribution in [0.2, 0.25) is 0 Å². The number of nitrogens with zero attached hydrogens (tertiary/aromatic N) is 2. The fourth-order valence-corrected chi connectivity index (χ4v) is 3.08. The molecule has 8 heteroatoms. The first kappa shape index (κ1) is 17.2. The van der Waals surface area contributed by atoms with Gasteiger partial charge in [-0.15, -0.1) is 0 Å². The van der Waals surface area contributed by atoms with Gasteiger partial charge in [0.25, 0.3) is 0 Å². The maximum absolute atomic E-state index is 11.9. The zero-order valence-corrected chi connectivity index (χ0v) is 13.4. The molecule has 2 heterocycles. The Bertz CT molecular complexity index is 462. The van der Waals surface area contributed by atoms with Crippen molar-refractivity contribution in [1.82, 2.24) is 9.80 Å². The number of hydrogen-bond acceptors (Lipinski definition) is 6. The molecule has 0 saturated carbocycles. The van der Waals surface area contributed by atoms with Gasteiger partial charge in [-0.25, -0.2) is 0 Å². The van der Waals surface area contributed by atoms with E-state index in [1.165, 1.54) is 14.2 Å². The molecule has 0 N–H and O–H groups in total. The molecule has 0 aromatic carbocycles. The number of carbonyl (C=O) groups excluding carboxylic acids is 4. The number of likely N-dealkylation sites (tertiary alicyclic amines) is 2. The molecule has 0 aromatic rings. The first-order valence-electron chi connectivity index (χ1n) is 7.67. The summed E-state index contributed by atoms with van der Waals surface area (Å²) in [5, 5.41) is 0. The van der Waals surface area contributed by atoms with Crippen molar-refractivity contribution in [3.8, 4) is 0 Å². The zero-order valence-electron chi connectivity index (χ0n) is 13.4. The molecule has 0 radical (unpaired) electrons. The van der Waals surface area contributed by atoms with Gasteiger partial charge in [-0.2, -0.15) is 0 Å². The Kier molecular flexibility index (Phi) is 5.57. The Morgan fingerprint density at radius 3 is 1.65 bits per heavy atom. The van der Waals surface area contributed by atoms with Crippen LogP contribution in [0.15, 0.2) is 0 Å². The molecular weight excluding hydrogens is 304 g/mol. The Morgan fingerprint density at radius 1 is 0.913 bits per heavy atom. The maximum atomic E-state index is 11.9. The molecule has 23 heavy (non-hydrogen) atoms. The van der Waals surface area contributed by atoms with Gasteiger partial charge in [0.15, 0.2) is 0 Å². The summed E-state index contributed by atoms with van der Waals surface area (Å²) in [6.45, 7) is 1.70. The van der Waals surface area contributed by atoms with Gasteiger partial charge in [-0.3, -0.25) is 19.2 Å². The van der Waals surface area contributed by atoms with Crippen LogP contribution in [0.25, 0.3) is 0 Å². The second-order valence-corrected chi connectivity index (χ2v) is 5.88. The Balaban J connectivity index is 1.75. The molecule has 2 aliphatic rings. The first-order chi connectivity index (χ1) is 11.0. The van der Waals surface area contributed by atoms with Crippen LogP contribution in [-0.4, -0.2) is 74.0 Å². The normalized spacial score (nSPS) is 24.3. The Labute approximate surface area is 134 Å². The smallest absolute Gasteiger partial charge is 0.310 e. The van der Waals surface area contributed by atoms with Crippen LogP contribution in [0, 0.1) is 11.8 Å². The summed E-state index contributed by atoms with van der Waals surface area (Å²) in [7, 11) is 2.62. The highest BCUT2D eigenvalue weighted by atomic mass is 16.5. The predicted octanol–water partition coefficient (Wildman–Crippen LogP) is -0.580. The quantitative estimate of drug-likeness (QED) is 0.606. The van der Waals surface area contributed by atoms with Crippen LogP contribution in [0.5, 0.6) is 0 Å². The largest absolute Gasteiger partial charge is 0.469 e. The summed E-state index contributed by atoms with van der Waals surface area (Å²) in [6, 6.07) is 0. The summed E-state index contributed by atoms with van der Waals surface area (Å²) < 4.78 is 9.32. The molecule has 2 rings (SSSR count). The van der Waals surface area contributed by atoms with Crippen molar-refractivity contribution in [1.29, 1.82) is 0 Å². The average Bonchev–Trinajstić information content (AvgIpc) is 3.09. The van der Waals surface area contributed by atoms with E-state index in [0.29, 0.717) is 32.6 Å². The molecule has 2 amide bonds. The fourth-order valence-electron chi connectivity index (χ4n) is 3.08. The minimum absolute atomic E-state index is 0.0689. The minimum atomic E-state index is -0.398. The van der Waals surface area contributed by atoms with E-state index in [1.54, 1.807) is 9.80 Å². The van der Waals surface area contributed by atoms with E-state index in [1.807, 2.05) is 0 Å². The Hall–Kier alpha value is -2.12. The highest BCUT2D eigenvalue weighted by Gasteiger charge is 2.36. The first-order valence-corrected chi connectivity index (χ1v) is 7.67. The highest BCUT2D eigenvalue weighted by Crippen LogP contribution is 2.21. The van der Waals surface area contributed by atoms with Crippen LogP contribution >= 0.6 is 0 Å². The van der Waals surface area contributed by atoms with Crippen LogP contribution < -0.4 is 0 Å². The van der Waals surface area contributed by atoms with Crippen molar-refractivity contribution in [2.24, 2.45) is 11.8 Å². The van der Waals surface area contributed by atoms with Crippen LogP contribution in [0.1, 0.15) is 19.3 Å². The van der Waals surface area contributed by atoms with E-state index < -0.39 is 11.8 Å². The lowest BCUT2D eigenvalue weighted by atomic mass is 10.1. The summed E-state index contributed by atoms with van der Waals surface area (Å²) in [5.41, 5.74) is 0. The van der Waals surface area contributed by atoms with Crippen molar-refractivity contribution >= 4 is 23.8 Å². The summed E-state index contributed by atoms with van der Waals surface area (Å²) in [5.74, 6) is -1.66. The molecule has 2 fully saturated rings. The van der Waals surface area contributed by atoms with Gasteiger partial charge in [-0.1, -0.05) is 0 Å². The molecule has 0 spiro atoms. The third-order valence-corrected chi connectivity index (χ3v) is 4.35. The molecule has 8 nitrogen and oxygen atoms in total. The van der Waals surface area contributed by atoms with Crippen LogP contribution in [0.3, 0.4) is 0 Å². The maximum Gasteiger partial charge on any atom is 0.310 e. The predicted molar refractivity (Wildman–Crippen MR) is 78.0 cm³/mol. The van der Waals surface area contributed by atoms with Crippen LogP contribution in [-0.2, 0) is 28.7 Å². The van der Waals surface area contributed by atoms with E-state index in [-0.39, 0.29) is 36.6 Å². The molecule has 128 valence electrons. The Morgan fingerprint density at radius 2 is 1.30 bits per heavy atom. The van der Waals surface area contributed by atoms with Gasteiger partial charge in [0.1, 0.15) is 0 Å². The average molecular weight is 326 g/mol. The topological polar surface area (TPSA) is 93.2 Å². The van der Waals surface area contributed by atoms with Crippen LogP contribution in [0.4, 0.5) is 0 Å². The van der Waals surface area contributed by atoms with Gasteiger partial charge >= 0.3 is 11.9 Å². The molecule has 2 unspecified atom stereocenters. The van der Waals surface area contributed by atoms with Crippen molar-refractivity contribution in [2.75, 3.05) is 40.4 Å². The summed E-state index contributed by atoms with van der Waals surface area (Å²) in [4.78, 5) is 49.9. The molecule has 0 bridgehead atoms. The number of carbonyl (C=O) groups is 4. The number of ether oxygens (including phenoxy) is 2. The van der Waals surface area contributed by atoms with E-state index in [0.717, 1.165) is 0 Å². The molecule has 2 atom stereocenters. The highest BCUT2D eigenvalue weighted by molar-refractivity contribution is 5.87. The van der Waals surface area contributed by atoms with Gasteiger partial charge in [-0.05, 0) is 6.42 Å². The number of rotatable bonds is 6. The number of esters is 2. The third-order valence-electron chi connectivity index (χ3n) is 4.35. The fraction of sp³-hybridized carbons (Fsp3) is 0.733. The number of methoxy groups -OCH3 is 2. The van der Waals surface area contributed by atoms with E-state index >= 15 is 0 Å². The molecule has 0 aromatic heterocycles. The minimum Gasteiger partial charge on any atom is -0.469 e. The zero-order chi connectivity index (χ0) is 17.0. The lowest BCUT2D eigenvalue weighted by molar-refractivity contribution is -0.145. The monoisotopic (exact) mass is 326 g/mol. The lowest BCUT2D eigenvalue weighted by Crippen LogP contribution is -2.32. The van der Waals surface area contributed by atoms with E-state index in [2.05, 4.69) is 9.47 Å². The lowest BCUT2D eigenvalue weighted by Gasteiger charge is -2.20. The standard InChI is InChI=1S/C15H22N2O6/c1-22-14(20)10-6-12(18)16(8-10)4-3-5-17-9-11(7-13(17)19)15(21)23-2/h10-11H,3-9H2,1-2H3. The van der Waals surface area contributed by atoms with Crippen molar-refractivity contribution in [3.63, 3.8) is 0 Å². The van der Waals surface area contributed by atoms with Crippen molar-refractivity contribution in [3.05, 3.63) is 0 Å². The molecule has 2 saturated heterocycles. The van der Waals surface area contributed by atoms with Gasteiger partial charge in [0.2, 0.25) is 11.8 Å². The molecule has 0 aliphatic carbocycles. The number of hydrogen-bond donors (Lipinski definition) is 0. The third kappa shape index (κ3) is 4.00. The van der Waals surface area contributed by atoms with Crippen molar-refractivity contribution < 1.29 is 28.7 Å². The number of amides is 2. The van der Waals surface area contributed by atoms with Gasteiger partial charge in [0.05, 0.1) is 26.1 Å². The molecule has 2 aliphatic heterocycles. The van der Waals surface area contributed by atoms with Gasteiger partial charge in [0, 0.05) is 39.0 Å². The van der Waals surface area contributed by atoms with Gasteiger partial charge < -0.3 is 19.3 Å². The summed E-state index contributed by atoms with van der Waals surface area (Å²) in [6.07, 6.45) is 0.971. The molecular formula is C15H22N2O6. The SMILES string of the molecule is COC(=O)C1CC(=O)N(CCCN2CC(C(=O)OC)CC2=O)C1. The van der Waals surface area contributed by atoms with E-state index in [4.69, 9.17) is 0 Å².